The first kappa shape index (κ1) is 13.5. The Morgan fingerprint density at radius 3 is 2.74 bits per heavy atom. The van der Waals surface area contributed by atoms with Gasteiger partial charge in [0.25, 0.3) is 5.91 Å². The van der Waals surface area contributed by atoms with Crippen LogP contribution in [0.4, 0.5) is 5.69 Å². The van der Waals surface area contributed by atoms with E-state index in [1.807, 2.05) is 37.4 Å². The van der Waals surface area contributed by atoms with Gasteiger partial charge >= 0.3 is 0 Å². The van der Waals surface area contributed by atoms with Gasteiger partial charge in [-0.25, -0.2) is 4.98 Å². The monoisotopic (exact) mass is 275 g/mol. The van der Waals surface area contributed by atoms with Gasteiger partial charge in [0.2, 0.25) is 0 Å². The van der Waals surface area contributed by atoms with Crippen LogP contribution < -0.4 is 5.32 Å². The Labute approximate surface area is 117 Å². The van der Waals surface area contributed by atoms with Gasteiger partial charge in [-0.15, -0.1) is 11.3 Å². The number of nitrogens with one attached hydrogen (secondary N) is 1. The van der Waals surface area contributed by atoms with Crippen molar-refractivity contribution in [1.82, 2.24) is 9.88 Å². The number of benzene rings is 1. The van der Waals surface area contributed by atoms with Crippen molar-refractivity contribution in [3.8, 4) is 0 Å². The molecule has 0 aliphatic heterocycles. The van der Waals surface area contributed by atoms with Crippen molar-refractivity contribution in [1.29, 1.82) is 0 Å². The Bertz CT molecular complexity index is 578. The average Bonchev–Trinajstić information content (AvgIpc) is 2.81. The fourth-order valence-electron chi connectivity index (χ4n) is 1.73. The van der Waals surface area contributed by atoms with Crippen LogP contribution in [0.15, 0.2) is 30.5 Å². The summed E-state index contributed by atoms with van der Waals surface area (Å²) in [5.41, 5.74) is 1.54. The van der Waals surface area contributed by atoms with Gasteiger partial charge in [-0.1, -0.05) is 12.1 Å². The third kappa shape index (κ3) is 3.32. The molecule has 5 heteroatoms. The van der Waals surface area contributed by atoms with E-state index in [9.17, 15) is 4.79 Å². The van der Waals surface area contributed by atoms with E-state index in [0.717, 1.165) is 15.6 Å². The predicted molar refractivity (Wildman–Crippen MR) is 78.6 cm³/mol. The lowest BCUT2D eigenvalue weighted by Gasteiger charge is -2.14. The van der Waals surface area contributed by atoms with E-state index in [0.29, 0.717) is 12.1 Å². The molecule has 0 atom stereocenters. The SMILES string of the molecule is Cc1ncc(CNc2ccccc2C(=O)N(C)C)s1. The second kappa shape index (κ2) is 5.84. The maximum Gasteiger partial charge on any atom is 0.255 e. The Morgan fingerprint density at radius 1 is 1.37 bits per heavy atom. The average molecular weight is 275 g/mol. The lowest BCUT2D eigenvalue weighted by Crippen LogP contribution is -2.22. The van der Waals surface area contributed by atoms with Gasteiger partial charge < -0.3 is 10.2 Å². The smallest absolute Gasteiger partial charge is 0.255 e. The van der Waals surface area contributed by atoms with Crippen LogP contribution in [0, 0.1) is 6.92 Å². The molecular formula is C14H17N3OS. The molecule has 2 rings (SSSR count). The second-order valence-electron chi connectivity index (χ2n) is 4.44. The van der Waals surface area contributed by atoms with Crippen LogP contribution in [0.3, 0.4) is 0 Å². The van der Waals surface area contributed by atoms with Crippen molar-refractivity contribution in [2.24, 2.45) is 0 Å². The number of aryl methyl sites for hydroxylation is 1. The van der Waals surface area contributed by atoms with Gasteiger partial charge in [-0.05, 0) is 19.1 Å². The minimum absolute atomic E-state index is 0.00332. The minimum Gasteiger partial charge on any atom is -0.379 e. The first-order valence-corrected chi connectivity index (χ1v) is 6.85. The number of carbonyl (C=O) groups is 1. The van der Waals surface area contributed by atoms with Crippen molar-refractivity contribution in [3.05, 3.63) is 45.9 Å². The summed E-state index contributed by atoms with van der Waals surface area (Å²) in [5, 5.41) is 4.35. The molecule has 4 nitrogen and oxygen atoms in total. The lowest BCUT2D eigenvalue weighted by atomic mass is 10.1. The molecule has 0 unspecified atom stereocenters. The zero-order valence-electron chi connectivity index (χ0n) is 11.3. The summed E-state index contributed by atoms with van der Waals surface area (Å²) < 4.78 is 0. The van der Waals surface area contributed by atoms with Gasteiger partial charge in [0.1, 0.15) is 0 Å². The first-order chi connectivity index (χ1) is 9.08. The van der Waals surface area contributed by atoms with E-state index < -0.39 is 0 Å². The number of anilines is 1. The molecular weight excluding hydrogens is 258 g/mol. The third-order valence-electron chi connectivity index (χ3n) is 2.69. The molecule has 19 heavy (non-hydrogen) atoms. The maximum atomic E-state index is 12.1. The van der Waals surface area contributed by atoms with Crippen molar-refractivity contribution in [2.45, 2.75) is 13.5 Å². The third-order valence-corrected chi connectivity index (χ3v) is 3.60. The summed E-state index contributed by atoms with van der Waals surface area (Å²) in [6, 6.07) is 7.55. The van der Waals surface area contributed by atoms with Crippen LogP contribution in [0.1, 0.15) is 20.2 Å². The zero-order valence-corrected chi connectivity index (χ0v) is 12.1. The highest BCUT2D eigenvalue weighted by Gasteiger charge is 2.12. The van der Waals surface area contributed by atoms with E-state index in [1.165, 1.54) is 0 Å². The lowest BCUT2D eigenvalue weighted by molar-refractivity contribution is 0.0828. The van der Waals surface area contributed by atoms with E-state index in [1.54, 1.807) is 30.3 Å². The molecule has 0 bridgehead atoms. The molecule has 1 heterocycles. The van der Waals surface area contributed by atoms with E-state index in [2.05, 4.69) is 10.3 Å². The fraction of sp³-hybridized carbons (Fsp3) is 0.286. The molecule has 0 saturated carbocycles. The minimum atomic E-state index is 0.00332. The molecule has 1 aromatic heterocycles. The van der Waals surface area contributed by atoms with Crippen molar-refractivity contribution in [3.63, 3.8) is 0 Å². The second-order valence-corrected chi connectivity index (χ2v) is 5.76. The first-order valence-electron chi connectivity index (χ1n) is 6.04. The summed E-state index contributed by atoms with van der Waals surface area (Å²) in [7, 11) is 3.51. The molecule has 1 N–H and O–H groups in total. The number of rotatable bonds is 4. The number of thiazole rings is 1. The van der Waals surface area contributed by atoms with Crippen molar-refractivity contribution < 1.29 is 4.79 Å². The van der Waals surface area contributed by atoms with Gasteiger partial charge in [-0.2, -0.15) is 0 Å². The molecule has 0 fully saturated rings. The molecule has 1 aromatic carbocycles. The quantitative estimate of drug-likeness (QED) is 0.933. The summed E-state index contributed by atoms with van der Waals surface area (Å²) in [6.07, 6.45) is 1.86. The van der Waals surface area contributed by atoms with Gasteiger partial charge in [0, 0.05) is 30.9 Å². The van der Waals surface area contributed by atoms with Gasteiger partial charge in [0.15, 0.2) is 0 Å². The molecule has 100 valence electrons. The molecule has 0 aliphatic rings. The topological polar surface area (TPSA) is 45.2 Å². The van der Waals surface area contributed by atoms with Crippen LogP contribution in [0.2, 0.25) is 0 Å². The Balaban J connectivity index is 2.14. The summed E-state index contributed by atoms with van der Waals surface area (Å²) >= 11 is 1.66. The highest BCUT2D eigenvalue weighted by Crippen LogP contribution is 2.19. The number of para-hydroxylation sites is 1. The Hall–Kier alpha value is -1.88. The number of hydrogen-bond donors (Lipinski definition) is 1. The number of hydrogen-bond acceptors (Lipinski definition) is 4. The highest BCUT2D eigenvalue weighted by molar-refractivity contribution is 7.11. The number of carbonyl (C=O) groups excluding carboxylic acids is 1. The van der Waals surface area contributed by atoms with Crippen LogP contribution in [0.5, 0.6) is 0 Å². The van der Waals surface area contributed by atoms with Crippen molar-refractivity contribution in [2.75, 3.05) is 19.4 Å². The number of amides is 1. The molecule has 2 aromatic rings. The number of nitrogens with zero attached hydrogens (tertiary/aromatic N) is 2. The zero-order chi connectivity index (χ0) is 13.8. The standard InChI is InChI=1S/C14H17N3OS/c1-10-15-8-11(19-10)9-16-13-7-5-4-6-12(13)14(18)17(2)3/h4-8,16H,9H2,1-3H3. The number of aromatic nitrogens is 1. The summed E-state index contributed by atoms with van der Waals surface area (Å²) in [6.45, 7) is 2.67. The normalized spacial score (nSPS) is 10.3. The molecule has 0 aliphatic carbocycles. The van der Waals surface area contributed by atoms with Crippen LogP contribution >= 0.6 is 11.3 Å². The highest BCUT2D eigenvalue weighted by atomic mass is 32.1. The van der Waals surface area contributed by atoms with Gasteiger partial charge in [0.05, 0.1) is 17.1 Å². The predicted octanol–water partition coefficient (Wildman–Crippen LogP) is 2.77. The molecule has 1 amide bonds. The maximum absolute atomic E-state index is 12.1. The van der Waals surface area contributed by atoms with Crippen LogP contribution in [0.25, 0.3) is 0 Å². The molecule has 0 radical (unpaired) electrons. The molecule has 0 spiro atoms. The summed E-state index contributed by atoms with van der Waals surface area (Å²) in [4.78, 5) is 19.0. The fourth-order valence-corrected chi connectivity index (χ4v) is 2.47. The van der Waals surface area contributed by atoms with E-state index >= 15 is 0 Å². The van der Waals surface area contributed by atoms with Gasteiger partial charge in [-0.3, -0.25) is 4.79 Å². The van der Waals surface area contributed by atoms with Crippen LogP contribution in [-0.4, -0.2) is 29.9 Å². The van der Waals surface area contributed by atoms with E-state index in [-0.39, 0.29) is 5.91 Å². The molecule has 0 saturated heterocycles. The Kier molecular flexibility index (Phi) is 4.16. The van der Waals surface area contributed by atoms with Crippen molar-refractivity contribution >= 4 is 22.9 Å². The summed E-state index contributed by atoms with van der Waals surface area (Å²) in [5.74, 6) is 0.00332. The van der Waals surface area contributed by atoms with Crippen LogP contribution in [-0.2, 0) is 6.54 Å². The van der Waals surface area contributed by atoms with E-state index in [4.69, 9.17) is 0 Å². The largest absolute Gasteiger partial charge is 0.379 e. The Morgan fingerprint density at radius 2 is 2.11 bits per heavy atom.